The summed E-state index contributed by atoms with van der Waals surface area (Å²) in [7, 11) is 0. The predicted molar refractivity (Wildman–Crippen MR) is 95.7 cm³/mol. The Bertz CT molecular complexity index is 529. The molecule has 2 amide bonds. The Kier molecular flexibility index (Phi) is 7.25. The van der Waals surface area contributed by atoms with Gasteiger partial charge in [-0.3, -0.25) is 14.5 Å². The fraction of sp³-hybridized carbons (Fsp3) is 0.579. The van der Waals surface area contributed by atoms with Gasteiger partial charge in [0, 0.05) is 26.2 Å². The summed E-state index contributed by atoms with van der Waals surface area (Å²) in [6.07, 6.45) is 2.27. The minimum atomic E-state index is -0.331. The van der Waals surface area contributed by atoms with E-state index in [9.17, 15) is 9.59 Å². The lowest BCUT2D eigenvalue weighted by Crippen LogP contribution is -2.56. The minimum absolute atomic E-state index is 0.0125. The van der Waals surface area contributed by atoms with Crippen LogP contribution < -0.4 is 5.32 Å². The molecule has 24 heavy (non-hydrogen) atoms. The summed E-state index contributed by atoms with van der Waals surface area (Å²) in [6, 6.07) is 10.1. The second-order valence-corrected chi connectivity index (χ2v) is 6.20. The molecule has 0 radical (unpaired) electrons. The predicted octanol–water partition coefficient (Wildman–Crippen LogP) is 1.68. The van der Waals surface area contributed by atoms with Gasteiger partial charge in [-0.25, -0.2) is 0 Å². The monoisotopic (exact) mass is 331 g/mol. The Morgan fingerprint density at radius 2 is 1.96 bits per heavy atom. The van der Waals surface area contributed by atoms with Crippen molar-refractivity contribution in [3.63, 3.8) is 0 Å². The molecule has 1 saturated heterocycles. The summed E-state index contributed by atoms with van der Waals surface area (Å²) < 4.78 is 0. The summed E-state index contributed by atoms with van der Waals surface area (Å²) in [5, 5.41) is 2.90. The van der Waals surface area contributed by atoms with Crippen LogP contribution in [0, 0.1) is 0 Å². The first kappa shape index (κ1) is 18.5. The number of nitrogens with one attached hydrogen (secondary N) is 1. The summed E-state index contributed by atoms with van der Waals surface area (Å²) in [6.45, 7) is 7.66. The zero-order chi connectivity index (χ0) is 17.4. The van der Waals surface area contributed by atoms with Gasteiger partial charge in [0.05, 0.1) is 12.5 Å². The zero-order valence-corrected chi connectivity index (χ0v) is 14.8. The van der Waals surface area contributed by atoms with Gasteiger partial charge in [0.15, 0.2) is 0 Å². The Balaban J connectivity index is 1.90. The molecular formula is C19H29N3O2. The van der Waals surface area contributed by atoms with E-state index in [1.807, 2.05) is 19.9 Å². The maximum absolute atomic E-state index is 12.4. The fourth-order valence-electron chi connectivity index (χ4n) is 3.25. The van der Waals surface area contributed by atoms with Gasteiger partial charge in [-0.1, -0.05) is 30.3 Å². The quantitative estimate of drug-likeness (QED) is 0.788. The number of hydrogen-bond donors (Lipinski definition) is 1. The van der Waals surface area contributed by atoms with Gasteiger partial charge < -0.3 is 10.2 Å². The van der Waals surface area contributed by atoms with Crippen LogP contribution in [0.4, 0.5) is 0 Å². The second-order valence-electron chi connectivity index (χ2n) is 6.20. The molecule has 1 aromatic rings. The Hall–Kier alpha value is -1.88. The maximum Gasteiger partial charge on any atom is 0.237 e. The topological polar surface area (TPSA) is 52.7 Å². The molecule has 0 aromatic heterocycles. The first-order valence-corrected chi connectivity index (χ1v) is 8.99. The Morgan fingerprint density at radius 3 is 2.62 bits per heavy atom. The van der Waals surface area contributed by atoms with E-state index < -0.39 is 0 Å². The van der Waals surface area contributed by atoms with Gasteiger partial charge in [0.25, 0.3) is 0 Å². The highest BCUT2D eigenvalue weighted by Crippen LogP contribution is 2.13. The standard InChI is InChI=1S/C19H29N3O2/c1-3-21(4-2)18(23)15-17-19(24)20-12-14-22(17)13-8-11-16-9-6-5-7-10-16/h5-7,9-10,17H,3-4,8,11-15H2,1-2H3,(H,20,24)/t17-/m1/s1. The molecule has 2 rings (SSSR count). The molecule has 0 saturated carbocycles. The molecule has 5 heteroatoms. The summed E-state index contributed by atoms with van der Waals surface area (Å²) in [5.41, 5.74) is 1.31. The van der Waals surface area contributed by atoms with Gasteiger partial charge in [0.1, 0.15) is 0 Å². The van der Waals surface area contributed by atoms with Crippen molar-refractivity contribution in [2.75, 3.05) is 32.7 Å². The van der Waals surface area contributed by atoms with Crippen LogP contribution in [-0.2, 0) is 16.0 Å². The van der Waals surface area contributed by atoms with Crippen molar-refractivity contribution in [1.29, 1.82) is 0 Å². The molecule has 1 fully saturated rings. The summed E-state index contributed by atoms with van der Waals surface area (Å²) >= 11 is 0. The Morgan fingerprint density at radius 1 is 1.25 bits per heavy atom. The van der Waals surface area contributed by atoms with Crippen LogP contribution in [-0.4, -0.2) is 60.4 Å². The van der Waals surface area contributed by atoms with Gasteiger partial charge in [-0.2, -0.15) is 0 Å². The average molecular weight is 331 g/mol. The number of amides is 2. The third-order valence-electron chi connectivity index (χ3n) is 4.68. The lowest BCUT2D eigenvalue weighted by molar-refractivity contribution is -0.138. The van der Waals surface area contributed by atoms with E-state index in [0.29, 0.717) is 19.6 Å². The third-order valence-corrected chi connectivity index (χ3v) is 4.68. The van der Waals surface area contributed by atoms with Crippen molar-refractivity contribution in [3.8, 4) is 0 Å². The van der Waals surface area contributed by atoms with E-state index in [-0.39, 0.29) is 24.3 Å². The number of hydrogen-bond acceptors (Lipinski definition) is 3. The molecule has 1 aliphatic rings. The number of benzene rings is 1. The first-order valence-electron chi connectivity index (χ1n) is 8.99. The number of carbonyl (C=O) groups is 2. The van der Waals surface area contributed by atoms with Gasteiger partial charge in [-0.05, 0) is 38.8 Å². The Labute approximate surface area is 145 Å². The van der Waals surface area contributed by atoms with Crippen LogP contribution in [0.3, 0.4) is 0 Å². The lowest BCUT2D eigenvalue weighted by atomic mass is 10.1. The van der Waals surface area contributed by atoms with E-state index in [1.165, 1.54) is 5.56 Å². The van der Waals surface area contributed by atoms with E-state index in [2.05, 4.69) is 34.5 Å². The van der Waals surface area contributed by atoms with Crippen LogP contribution in [0.15, 0.2) is 30.3 Å². The zero-order valence-electron chi connectivity index (χ0n) is 14.8. The molecule has 0 bridgehead atoms. The van der Waals surface area contributed by atoms with Crippen LogP contribution in [0.2, 0.25) is 0 Å². The van der Waals surface area contributed by atoms with Crippen LogP contribution in [0.25, 0.3) is 0 Å². The van der Waals surface area contributed by atoms with E-state index in [4.69, 9.17) is 0 Å². The first-order chi connectivity index (χ1) is 11.7. The molecule has 1 aliphatic heterocycles. The number of piperazine rings is 1. The fourth-order valence-corrected chi connectivity index (χ4v) is 3.25. The highest BCUT2D eigenvalue weighted by atomic mass is 16.2. The van der Waals surface area contributed by atoms with Gasteiger partial charge >= 0.3 is 0 Å². The molecular weight excluding hydrogens is 302 g/mol. The lowest BCUT2D eigenvalue weighted by Gasteiger charge is -2.35. The second kappa shape index (κ2) is 9.42. The molecule has 1 atom stereocenters. The van der Waals surface area contributed by atoms with Crippen LogP contribution in [0.5, 0.6) is 0 Å². The minimum Gasteiger partial charge on any atom is -0.353 e. The summed E-state index contributed by atoms with van der Waals surface area (Å²) in [5.74, 6) is 0.0524. The van der Waals surface area contributed by atoms with Crippen LogP contribution in [0.1, 0.15) is 32.3 Å². The molecule has 0 spiro atoms. The van der Waals surface area contributed by atoms with Crippen molar-refractivity contribution in [2.45, 2.75) is 39.2 Å². The third kappa shape index (κ3) is 5.06. The number of aryl methyl sites for hydroxylation is 1. The average Bonchev–Trinajstić information content (AvgIpc) is 2.60. The van der Waals surface area contributed by atoms with Crippen molar-refractivity contribution < 1.29 is 9.59 Å². The normalized spacial score (nSPS) is 18.2. The van der Waals surface area contributed by atoms with E-state index >= 15 is 0 Å². The van der Waals surface area contributed by atoms with E-state index in [1.54, 1.807) is 4.90 Å². The number of rotatable bonds is 8. The van der Waals surface area contributed by atoms with Crippen molar-refractivity contribution in [1.82, 2.24) is 15.1 Å². The molecule has 0 aliphatic carbocycles. The van der Waals surface area contributed by atoms with Gasteiger partial charge in [0.2, 0.25) is 11.8 Å². The van der Waals surface area contributed by atoms with Crippen molar-refractivity contribution in [2.24, 2.45) is 0 Å². The molecule has 5 nitrogen and oxygen atoms in total. The maximum atomic E-state index is 12.4. The van der Waals surface area contributed by atoms with Gasteiger partial charge in [-0.15, -0.1) is 0 Å². The molecule has 132 valence electrons. The van der Waals surface area contributed by atoms with E-state index in [0.717, 1.165) is 25.9 Å². The van der Waals surface area contributed by atoms with Crippen LogP contribution >= 0.6 is 0 Å². The largest absolute Gasteiger partial charge is 0.353 e. The smallest absolute Gasteiger partial charge is 0.237 e. The number of nitrogens with zero attached hydrogens (tertiary/aromatic N) is 2. The molecule has 1 aromatic carbocycles. The molecule has 0 unspecified atom stereocenters. The van der Waals surface area contributed by atoms with Crippen molar-refractivity contribution >= 4 is 11.8 Å². The number of carbonyl (C=O) groups excluding carboxylic acids is 2. The highest BCUT2D eigenvalue weighted by molar-refractivity contribution is 5.88. The SMILES string of the molecule is CCN(CC)C(=O)C[C@@H]1C(=O)NCCN1CCCc1ccccc1. The molecule has 1 N–H and O–H groups in total. The van der Waals surface area contributed by atoms with Crippen molar-refractivity contribution in [3.05, 3.63) is 35.9 Å². The highest BCUT2D eigenvalue weighted by Gasteiger charge is 2.32. The molecule has 1 heterocycles. The summed E-state index contributed by atoms with van der Waals surface area (Å²) in [4.78, 5) is 28.6.